The zero-order valence-corrected chi connectivity index (χ0v) is 16.7. The number of nitrogens with one attached hydrogen (secondary N) is 1. The molecule has 1 atom stereocenters. The van der Waals surface area contributed by atoms with Crippen molar-refractivity contribution in [2.45, 2.75) is 25.8 Å². The third-order valence-electron chi connectivity index (χ3n) is 4.88. The Morgan fingerprint density at radius 3 is 2.54 bits per heavy atom. The van der Waals surface area contributed by atoms with E-state index in [0.717, 1.165) is 41.8 Å². The third-order valence-corrected chi connectivity index (χ3v) is 6.17. The minimum atomic E-state index is 0.115. The molecule has 1 unspecified atom stereocenters. The fourth-order valence-corrected chi connectivity index (χ4v) is 4.35. The van der Waals surface area contributed by atoms with Gasteiger partial charge in [-0.25, -0.2) is 0 Å². The zero-order chi connectivity index (χ0) is 18.4. The second-order valence-electron chi connectivity index (χ2n) is 6.72. The predicted octanol–water partition coefficient (Wildman–Crippen LogP) is 3.66. The first-order valence-electron chi connectivity index (χ1n) is 9.17. The van der Waals surface area contributed by atoms with Crippen molar-refractivity contribution in [3.05, 3.63) is 51.7 Å². The molecule has 1 aliphatic rings. The minimum absolute atomic E-state index is 0.115. The Morgan fingerprint density at radius 1 is 1.15 bits per heavy atom. The molecule has 1 N–H and O–H groups in total. The molecule has 4 nitrogen and oxygen atoms in total. The smallest absolute Gasteiger partial charge is 0.220 e. The summed E-state index contributed by atoms with van der Waals surface area (Å²) < 4.78 is 0.781. The quantitative estimate of drug-likeness (QED) is 0.782. The number of thiophene rings is 1. The van der Waals surface area contributed by atoms with E-state index in [1.807, 2.05) is 12.1 Å². The van der Waals surface area contributed by atoms with Gasteiger partial charge in [-0.05, 0) is 37.6 Å². The lowest BCUT2D eigenvalue weighted by Gasteiger charge is -2.39. The Balaban J connectivity index is 1.36. The minimum Gasteiger partial charge on any atom is -0.369 e. The number of benzene rings is 1. The number of hydrogen-bond acceptors (Lipinski definition) is 4. The van der Waals surface area contributed by atoms with Crippen molar-refractivity contribution < 1.29 is 4.79 Å². The number of para-hydroxylation sites is 1. The van der Waals surface area contributed by atoms with E-state index in [1.54, 1.807) is 11.3 Å². The lowest BCUT2D eigenvalue weighted by atomic mass is 10.2. The molecular formula is C20H26ClN3OS. The molecule has 1 aromatic carbocycles. The number of halogens is 1. The molecule has 0 spiro atoms. The van der Waals surface area contributed by atoms with Crippen LogP contribution < -0.4 is 10.2 Å². The Morgan fingerprint density at radius 2 is 1.88 bits per heavy atom. The van der Waals surface area contributed by atoms with Crippen molar-refractivity contribution in [2.75, 3.05) is 37.6 Å². The van der Waals surface area contributed by atoms with Crippen LogP contribution in [0.2, 0.25) is 4.34 Å². The highest BCUT2D eigenvalue weighted by Gasteiger charge is 2.21. The summed E-state index contributed by atoms with van der Waals surface area (Å²) in [5.74, 6) is 0.115. The van der Waals surface area contributed by atoms with Gasteiger partial charge in [-0.3, -0.25) is 9.69 Å². The average Bonchev–Trinajstić information content (AvgIpc) is 3.10. The molecule has 3 rings (SSSR count). The SMILES string of the molecule is CC(CNC(=O)CCc1ccc(Cl)s1)N1CCN(c2ccccc2)CC1. The third kappa shape index (κ3) is 5.47. The Hall–Kier alpha value is -1.56. The first-order valence-corrected chi connectivity index (χ1v) is 10.4. The molecule has 1 amide bonds. The van der Waals surface area contributed by atoms with Crippen molar-refractivity contribution in [1.82, 2.24) is 10.2 Å². The summed E-state index contributed by atoms with van der Waals surface area (Å²) >= 11 is 7.47. The van der Waals surface area contributed by atoms with Crippen LogP contribution in [0.5, 0.6) is 0 Å². The van der Waals surface area contributed by atoms with Crippen molar-refractivity contribution in [2.24, 2.45) is 0 Å². The maximum atomic E-state index is 12.1. The topological polar surface area (TPSA) is 35.6 Å². The Kier molecular flexibility index (Phi) is 6.94. The Bertz CT molecular complexity index is 698. The number of amides is 1. The highest BCUT2D eigenvalue weighted by atomic mass is 35.5. The fourth-order valence-electron chi connectivity index (χ4n) is 3.26. The van der Waals surface area contributed by atoms with Gasteiger partial charge in [0.1, 0.15) is 0 Å². The van der Waals surface area contributed by atoms with Crippen molar-refractivity contribution in [1.29, 1.82) is 0 Å². The van der Waals surface area contributed by atoms with Gasteiger partial charge in [-0.2, -0.15) is 0 Å². The maximum Gasteiger partial charge on any atom is 0.220 e. The number of aryl methyl sites for hydroxylation is 1. The summed E-state index contributed by atoms with van der Waals surface area (Å²) in [7, 11) is 0. The van der Waals surface area contributed by atoms with Crippen LogP contribution in [-0.2, 0) is 11.2 Å². The number of piperazine rings is 1. The number of nitrogens with zero attached hydrogens (tertiary/aromatic N) is 2. The number of rotatable bonds is 7. The van der Waals surface area contributed by atoms with E-state index < -0.39 is 0 Å². The van der Waals surface area contributed by atoms with Gasteiger partial charge in [0, 0.05) is 55.8 Å². The van der Waals surface area contributed by atoms with E-state index >= 15 is 0 Å². The summed E-state index contributed by atoms with van der Waals surface area (Å²) in [5.41, 5.74) is 1.29. The standard InChI is InChI=1S/C20H26ClN3OS/c1-16(15-22-20(25)10-8-18-7-9-19(21)26-18)23-11-13-24(14-12-23)17-5-3-2-4-6-17/h2-7,9,16H,8,10-15H2,1H3,(H,22,25). The predicted molar refractivity (Wildman–Crippen MR) is 110 cm³/mol. The number of anilines is 1. The summed E-state index contributed by atoms with van der Waals surface area (Å²) in [6.45, 7) is 7.01. The maximum absolute atomic E-state index is 12.1. The van der Waals surface area contributed by atoms with E-state index in [2.05, 4.69) is 52.4 Å². The van der Waals surface area contributed by atoms with E-state index in [0.29, 0.717) is 19.0 Å². The van der Waals surface area contributed by atoms with E-state index in [9.17, 15) is 4.79 Å². The lowest BCUT2D eigenvalue weighted by Crippen LogP contribution is -2.52. The molecule has 6 heteroatoms. The summed E-state index contributed by atoms with van der Waals surface area (Å²) in [6.07, 6.45) is 1.28. The number of hydrogen-bond donors (Lipinski definition) is 1. The van der Waals surface area contributed by atoms with Gasteiger partial charge in [-0.15, -0.1) is 11.3 Å². The van der Waals surface area contributed by atoms with Crippen LogP contribution in [0.25, 0.3) is 0 Å². The van der Waals surface area contributed by atoms with Crippen molar-refractivity contribution >= 4 is 34.5 Å². The molecular weight excluding hydrogens is 366 g/mol. The van der Waals surface area contributed by atoms with Crippen LogP contribution in [0.3, 0.4) is 0 Å². The number of carbonyl (C=O) groups excluding carboxylic acids is 1. The first-order chi connectivity index (χ1) is 12.6. The van der Waals surface area contributed by atoms with E-state index in [1.165, 1.54) is 5.69 Å². The zero-order valence-electron chi connectivity index (χ0n) is 15.2. The van der Waals surface area contributed by atoms with Gasteiger partial charge in [0.15, 0.2) is 0 Å². The van der Waals surface area contributed by atoms with E-state index in [4.69, 9.17) is 11.6 Å². The molecule has 0 saturated carbocycles. The molecule has 1 aliphatic heterocycles. The molecule has 1 saturated heterocycles. The van der Waals surface area contributed by atoms with Crippen LogP contribution in [0.4, 0.5) is 5.69 Å². The van der Waals surface area contributed by atoms with E-state index in [-0.39, 0.29) is 5.91 Å². The van der Waals surface area contributed by atoms with Crippen molar-refractivity contribution in [3.63, 3.8) is 0 Å². The molecule has 0 radical (unpaired) electrons. The van der Waals surface area contributed by atoms with Crippen LogP contribution in [0.1, 0.15) is 18.2 Å². The van der Waals surface area contributed by atoms with Crippen LogP contribution in [0.15, 0.2) is 42.5 Å². The monoisotopic (exact) mass is 391 g/mol. The molecule has 0 bridgehead atoms. The molecule has 2 aromatic rings. The molecule has 0 aliphatic carbocycles. The second kappa shape index (κ2) is 9.40. The van der Waals surface area contributed by atoms with Gasteiger partial charge in [-0.1, -0.05) is 29.8 Å². The highest BCUT2D eigenvalue weighted by molar-refractivity contribution is 7.16. The molecule has 1 aromatic heterocycles. The van der Waals surface area contributed by atoms with Crippen LogP contribution in [-0.4, -0.2) is 49.6 Å². The average molecular weight is 392 g/mol. The first kappa shape index (κ1) is 19.2. The second-order valence-corrected chi connectivity index (χ2v) is 8.52. The van der Waals surface area contributed by atoms with Gasteiger partial charge in [0.2, 0.25) is 5.91 Å². The summed E-state index contributed by atoms with van der Waals surface area (Å²) in [5, 5.41) is 3.08. The fraction of sp³-hybridized carbons (Fsp3) is 0.450. The molecule has 2 heterocycles. The largest absolute Gasteiger partial charge is 0.369 e. The van der Waals surface area contributed by atoms with Gasteiger partial charge >= 0.3 is 0 Å². The molecule has 1 fully saturated rings. The van der Waals surface area contributed by atoms with Gasteiger partial charge in [0.05, 0.1) is 4.34 Å². The van der Waals surface area contributed by atoms with Crippen LogP contribution >= 0.6 is 22.9 Å². The summed E-state index contributed by atoms with van der Waals surface area (Å²) in [4.78, 5) is 18.1. The normalized spacial score (nSPS) is 16.5. The van der Waals surface area contributed by atoms with Gasteiger partial charge < -0.3 is 10.2 Å². The number of carbonyl (C=O) groups is 1. The van der Waals surface area contributed by atoms with Gasteiger partial charge in [0.25, 0.3) is 0 Å². The van der Waals surface area contributed by atoms with Crippen LogP contribution in [0, 0.1) is 0 Å². The lowest BCUT2D eigenvalue weighted by molar-refractivity contribution is -0.121. The highest BCUT2D eigenvalue weighted by Crippen LogP contribution is 2.22. The Labute approximate surface area is 164 Å². The molecule has 26 heavy (non-hydrogen) atoms. The summed E-state index contributed by atoms with van der Waals surface area (Å²) in [6, 6.07) is 14.8. The molecule has 140 valence electrons. The van der Waals surface area contributed by atoms with Crippen molar-refractivity contribution in [3.8, 4) is 0 Å².